The second kappa shape index (κ2) is 10.5. The van der Waals surface area contributed by atoms with Gasteiger partial charge in [0.1, 0.15) is 11.8 Å². The third kappa shape index (κ3) is 5.36. The fraction of sp³-hybridized carbons (Fsp3) is 0.250. The molecule has 0 amide bonds. The van der Waals surface area contributed by atoms with Crippen molar-refractivity contribution in [2.24, 2.45) is 0 Å². The number of nitrogens with one attached hydrogen (secondary N) is 1. The number of nitrogens with zero attached hydrogens (tertiary/aromatic N) is 3. The minimum absolute atomic E-state index is 0.135. The van der Waals surface area contributed by atoms with Gasteiger partial charge in [-0.05, 0) is 60.7 Å². The van der Waals surface area contributed by atoms with Crippen molar-refractivity contribution in [2.75, 3.05) is 0 Å². The van der Waals surface area contributed by atoms with E-state index < -0.39 is 16.9 Å². The molecule has 0 saturated heterocycles. The molecule has 170 valence electrons. The number of hydrogen-bond donors (Lipinski definition) is 1. The second-order valence-electron chi connectivity index (χ2n) is 7.34. The molecule has 0 saturated carbocycles. The van der Waals surface area contributed by atoms with Crippen LogP contribution in [-0.4, -0.2) is 14.8 Å². The molecule has 3 aromatic rings. The first-order valence-corrected chi connectivity index (χ1v) is 11.2. The Hall–Kier alpha value is -3.34. The third-order valence-corrected chi connectivity index (χ3v) is 5.47. The molecule has 0 aliphatic carbocycles. The third-order valence-electron chi connectivity index (χ3n) is 4.91. The summed E-state index contributed by atoms with van der Waals surface area (Å²) in [5, 5.41) is 13.1. The predicted molar refractivity (Wildman–Crippen MR) is 130 cm³/mol. The van der Waals surface area contributed by atoms with Gasteiger partial charge in [0.05, 0.1) is 15.7 Å². The predicted octanol–water partition coefficient (Wildman–Crippen LogP) is 5.79. The number of hydrogen-bond acceptors (Lipinski definition) is 5. The highest BCUT2D eigenvalue weighted by Crippen LogP contribution is 2.39. The maximum absolute atomic E-state index is 12.2. The molecular weight excluding hydrogens is 463 g/mol. The highest BCUT2D eigenvalue weighted by molar-refractivity contribution is 6.37. The van der Waals surface area contributed by atoms with Crippen LogP contribution in [0, 0.1) is 18.3 Å². The van der Waals surface area contributed by atoms with Crippen LogP contribution in [0.2, 0.25) is 10.0 Å². The first-order valence-electron chi connectivity index (χ1n) is 10.4. The van der Waals surface area contributed by atoms with Crippen LogP contribution in [0.15, 0.2) is 46.0 Å². The Morgan fingerprint density at radius 1 is 1.21 bits per heavy atom. The van der Waals surface area contributed by atoms with Crippen LogP contribution in [0.1, 0.15) is 49.9 Å². The van der Waals surface area contributed by atoms with Crippen molar-refractivity contribution in [3.63, 3.8) is 0 Å². The molecule has 0 bridgehead atoms. The van der Waals surface area contributed by atoms with Crippen LogP contribution >= 0.6 is 23.2 Å². The van der Waals surface area contributed by atoms with Gasteiger partial charge in [-0.1, -0.05) is 55.6 Å². The van der Waals surface area contributed by atoms with E-state index in [4.69, 9.17) is 33.2 Å². The van der Waals surface area contributed by atoms with Gasteiger partial charge in [-0.2, -0.15) is 9.94 Å². The van der Waals surface area contributed by atoms with Gasteiger partial charge < -0.3 is 4.74 Å². The molecule has 0 radical (unpaired) electrons. The van der Waals surface area contributed by atoms with Crippen molar-refractivity contribution in [3.05, 3.63) is 84.1 Å². The lowest BCUT2D eigenvalue weighted by atomic mass is 9.96. The highest BCUT2D eigenvalue weighted by Gasteiger charge is 2.16. The Balaban J connectivity index is 2.01. The van der Waals surface area contributed by atoms with Crippen LogP contribution in [0.5, 0.6) is 11.5 Å². The molecule has 9 heteroatoms. The molecule has 0 atom stereocenters. The molecule has 0 fully saturated rings. The zero-order chi connectivity index (χ0) is 24.1. The van der Waals surface area contributed by atoms with E-state index in [-0.39, 0.29) is 21.5 Å². The van der Waals surface area contributed by atoms with Gasteiger partial charge in [-0.3, -0.25) is 9.78 Å². The number of halogens is 2. The van der Waals surface area contributed by atoms with Crippen LogP contribution in [0.25, 0.3) is 11.3 Å². The van der Waals surface area contributed by atoms with E-state index in [1.807, 2.05) is 23.2 Å². The summed E-state index contributed by atoms with van der Waals surface area (Å²) in [5.74, 6) is 0.780. The molecular formula is C24H22Cl2N4O3. The van der Waals surface area contributed by atoms with E-state index in [1.54, 1.807) is 6.07 Å². The summed E-state index contributed by atoms with van der Waals surface area (Å²) in [7, 11) is 0. The summed E-state index contributed by atoms with van der Waals surface area (Å²) >= 11 is 12.8. The van der Waals surface area contributed by atoms with E-state index >= 15 is 0 Å². The Morgan fingerprint density at radius 3 is 2.52 bits per heavy atom. The Labute approximate surface area is 200 Å². The lowest BCUT2D eigenvalue weighted by Crippen LogP contribution is -2.33. The van der Waals surface area contributed by atoms with Crippen LogP contribution < -0.4 is 16.0 Å². The average Bonchev–Trinajstić information content (AvgIpc) is 2.77. The van der Waals surface area contributed by atoms with E-state index in [0.29, 0.717) is 5.75 Å². The number of nitriles is 1. The first-order chi connectivity index (χ1) is 15.8. The van der Waals surface area contributed by atoms with Crippen molar-refractivity contribution in [1.82, 2.24) is 14.8 Å². The van der Waals surface area contributed by atoms with E-state index in [0.717, 1.165) is 35.1 Å². The number of rotatable bonds is 7. The number of benzene rings is 2. The van der Waals surface area contributed by atoms with E-state index in [2.05, 4.69) is 31.9 Å². The quantitative estimate of drug-likeness (QED) is 0.456. The van der Waals surface area contributed by atoms with Crippen molar-refractivity contribution in [2.45, 2.75) is 40.0 Å². The van der Waals surface area contributed by atoms with Crippen LogP contribution in [0.3, 0.4) is 0 Å². The molecule has 1 N–H and O–H groups in total. The Kier molecular flexibility index (Phi) is 7.75. The van der Waals surface area contributed by atoms with Gasteiger partial charge in [0, 0.05) is 0 Å². The molecule has 33 heavy (non-hydrogen) atoms. The summed E-state index contributed by atoms with van der Waals surface area (Å²) in [6.07, 6.45) is 5.14. The molecule has 1 aromatic heterocycles. The first kappa shape index (κ1) is 24.3. The van der Waals surface area contributed by atoms with E-state index in [9.17, 15) is 9.59 Å². The van der Waals surface area contributed by atoms with Crippen LogP contribution in [0.4, 0.5) is 0 Å². The number of H-pyrrole nitrogens is 1. The SMILES string of the molecule is CC/C=C(/CCC)c1cc(Oc2c(Cl)cc(-n3nc(C#N)c(=O)[nH]c3=O)cc2Cl)ccc1C. The Bertz CT molecular complexity index is 1360. The molecule has 1 heterocycles. The van der Waals surface area contributed by atoms with Crippen molar-refractivity contribution >= 4 is 28.8 Å². The Morgan fingerprint density at radius 2 is 1.91 bits per heavy atom. The second-order valence-corrected chi connectivity index (χ2v) is 8.15. The maximum atomic E-state index is 12.2. The van der Waals surface area contributed by atoms with Gasteiger partial charge >= 0.3 is 5.69 Å². The number of allylic oxidation sites excluding steroid dienone is 2. The topological polar surface area (TPSA) is 101 Å². The molecule has 7 nitrogen and oxygen atoms in total. The zero-order valence-corrected chi connectivity index (χ0v) is 19.9. The minimum Gasteiger partial charge on any atom is -0.454 e. The largest absolute Gasteiger partial charge is 0.454 e. The molecule has 0 spiro atoms. The highest BCUT2D eigenvalue weighted by atomic mass is 35.5. The van der Waals surface area contributed by atoms with Gasteiger partial charge in [0.2, 0.25) is 5.69 Å². The summed E-state index contributed by atoms with van der Waals surface area (Å²) in [6, 6.07) is 10.2. The molecule has 0 unspecified atom stereocenters. The smallest absolute Gasteiger partial charge is 0.349 e. The number of aromatic amines is 1. The van der Waals surface area contributed by atoms with Gasteiger partial charge in [0.15, 0.2) is 5.75 Å². The van der Waals surface area contributed by atoms with Crippen molar-refractivity contribution in [1.29, 1.82) is 5.26 Å². The van der Waals surface area contributed by atoms with Crippen LogP contribution in [-0.2, 0) is 0 Å². The summed E-state index contributed by atoms with van der Waals surface area (Å²) < 4.78 is 6.86. The monoisotopic (exact) mass is 484 g/mol. The average molecular weight is 485 g/mol. The summed E-state index contributed by atoms with van der Waals surface area (Å²) in [6.45, 7) is 6.30. The summed E-state index contributed by atoms with van der Waals surface area (Å²) in [4.78, 5) is 25.8. The van der Waals surface area contributed by atoms with Gasteiger partial charge in [-0.25, -0.2) is 4.79 Å². The molecule has 2 aromatic carbocycles. The van der Waals surface area contributed by atoms with Gasteiger partial charge in [-0.15, -0.1) is 5.10 Å². The van der Waals surface area contributed by atoms with Crippen molar-refractivity contribution in [3.8, 4) is 23.3 Å². The lowest BCUT2D eigenvalue weighted by molar-refractivity contribution is 0.482. The zero-order valence-electron chi connectivity index (χ0n) is 18.4. The molecule has 0 aliphatic heterocycles. The van der Waals surface area contributed by atoms with E-state index in [1.165, 1.54) is 17.7 Å². The number of aryl methyl sites for hydroxylation is 1. The normalized spacial score (nSPS) is 11.3. The maximum Gasteiger partial charge on any atom is 0.349 e. The van der Waals surface area contributed by atoms with Crippen molar-refractivity contribution < 1.29 is 4.74 Å². The standard InChI is InChI=1S/C24H22Cl2N4O3/c1-4-6-15(7-5-2)18-12-17(9-8-14(18)3)33-22-19(25)10-16(11-20(22)26)30-24(32)28-23(31)21(13-27)29-30/h6,8-12H,4-5,7H2,1-3H3,(H,28,31,32)/b15-6-. The minimum atomic E-state index is -0.870. The summed E-state index contributed by atoms with van der Waals surface area (Å²) in [5.41, 5.74) is 1.52. The van der Waals surface area contributed by atoms with Gasteiger partial charge in [0.25, 0.3) is 5.56 Å². The molecule has 0 aliphatic rings. The fourth-order valence-corrected chi connectivity index (χ4v) is 3.96. The fourth-order valence-electron chi connectivity index (χ4n) is 3.41. The molecule has 3 rings (SSSR count). The number of ether oxygens (including phenoxy) is 1. The lowest BCUT2D eigenvalue weighted by Gasteiger charge is -2.15. The number of aromatic nitrogens is 3.